The monoisotopic (exact) mass is 412 g/mol. The van der Waals surface area contributed by atoms with Gasteiger partial charge >= 0.3 is 0 Å². The largest absolute Gasteiger partial charge is 0.493 e. The first-order valence-electron chi connectivity index (χ1n) is 10.5. The zero-order valence-corrected chi connectivity index (χ0v) is 17.3. The van der Waals surface area contributed by atoms with E-state index in [4.69, 9.17) is 14.5 Å². The summed E-state index contributed by atoms with van der Waals surface area (Å²) < 4.78 is 12.1. The third kappa shape index (κ3) is 4.09. The van der Waals surface area contributed by atoms with Crippen LogP contribution >= 0.6 is 0 Å². The van der Waals surface area contributed by atoms with E-state index < -0.39 is 6.10 Å². The Morgan fingerprint density at radius 2 is 2.00 bits per heavy atom. The highest BCUT2D eigenvalue weighted by molar-refractivity contribution is 5.78. The van der Waals surface area contributed by atoms with Gasteiger partial charge in [0.15, 0.2) is 0 Å². The van der Waals surface area contributed by atoms with Crippen LogP contribution in [0.4, 0.5) is 0 Å². The number of rotatable bonds is 5. The number of para-hydroxylation sites is 1. The second-order valence-corrected chi connectivity index (χ2v) is 7.97. The summed E-state index contributed by atoms with van der Waals surface area (Å²) in [5, 5.41) is 12.0. The molecule has 3 atom stereocenters. The first kappa shape index (κ1) is 19.5. The lowest BCUT2D eigenvalue weighted by Gasteiger charge is -2.30. The zero-order valence-electron chi connectivity index (χ0n) is 17.3. The molecule has 0 bridgehead atoms. The van der Waals surface area contributed by atoms with Crippen LogP contribution in [0.15, 0.2) is 79.1 Å². The third-order valence-corrected chi connectivity index (χ3v) is 5.77. The van der Waals surface area contributed by atoms with Gasteiger partial charge in [0.1, 0.15) is 17.6 Å². The molecular formula is C26H24N2O3. The van der Waals surface area contributed by atoms with E-state index in [1.54, 1.807) is 6.20 Å². The molecular weight excluding hydrogens is 388 g/mol. The minimum absolute atomic E-state index is 0.0100. The second kappa shape index (κ2) is 8.36. The van der Waals surface area contributed by atoms with Gasteiger partial charge < -0.3 is 14.6 Å². The van der Waals surface area contributed by atoms with Crippen molar-refractivity contribution in [2.24, 2.45) is 5.92 Å². The lowest BCUT2D eigenvalue weighted by Crippen LogP contribution is -2.27. The average Bonchev–Trinajstić information content (AvgIpc) is 2.81. The fourth-order valence-electron chi connectivity index (χ4n) is 4.06. The van der Waals surface area contributed by atoms with Gasteiger partial charge in [0, 0.05) is 35.3 Å². The van der Waals surface area contributed by atoms with Crippen LogP contribution in [0, 0.1) is 5.92 Å². The summed E-state index contributed by atoms with van der Waals surface area (Å²) in [4.78, 5) is 8.88. The van der Waals surface area contributed by atoms with E-state index in [1.807, 2.05) is 73.8 Å². The number of benzene rings is 2. The number of aliphatic hydroxyl groups excluding tert-OH is 1. The summed E-state index contributed by atoms with van der Waals surface area (Å²) in [7, 11) is 0. The molecule has 0 aliphatic carbocycles. The van der Waals surface area contributed by atoms with Gasteiger partial charge in [-0.05, 0) is 49.2 Å². The van der Waals surface area contributed by atoms with Gasteiger partial charge in [-0.25, -0.2) is 4.98 Å². The Morgan fingerprint density at radius 3 is 2.87 bits per heavy atom. The normalized spacial score (nSPS) is 18.8. The van der Waals surface area contributed by atoms with Crippen LogP contribution in [0.5, 0.6) is 11.5 Å². The van der Waals surface area contributed by atoms with Gasteiger partial charge in [0.2, 0.25) is 0 Å². The maximum absolute atomic E-state index is 10.9. The zero-order chi connectivity index (χ0) is 21.2. The highest BCUT2D eigenvalue weighted by Gasteiger charge is 2.30. The summed E-state index contributed by atoms with van der Waals surface area (Å²) >= 11 is 0. The fraction of sp³-hybridized carbons (Fsp3) is 0.231. The molecule has 3 heterocycles. The maximum Gasteiger partial charge on any atom is 0.138 e. The molecule has 5 rings (SSSR count). The van der Waals surface area contributed by atoms with Crippen LogP contribution in [-0.4, -0.2) is 21.7 Å². The van der Waals surface area contributed by atoms with Crippen molar-refractivity contribution in [3.05, 3.63) is 95.9 Å². The van der Waals surface area contributed by atoms with E-state index in [2.05, 4.69) is 11.1 Å². The lowest BCUT2D eigenvalue weighted by atomic mass is 9.88. The van der Waals surface area contributed by atoms with E-state index in [0.717, 1.165) is 34.1 Å². The number of fused-ring (bicyclic) bond motifs is 2. The highest BCUT2D eigenvalue weighted by Crippen LogP contribution is 2.39. The summed E-state index contributed by atoms with van der Waals surface area (Å²) in [6.45, 7) is 2.44. The van der Waals surface area contributed by atoms with Crippen LogP contribution in [0.1, 0.15) is 36.0 Å². The molecule has 1 aliphatic rings. The Kier molecular flexibility index (Phi) is 5.26. The number of hydrogen-bond donors (Lipinski definition) is 1. The highest BCUT2D eigenvalue weighted by atomic mass is 16.5. The Morgan fingerprint density at radius 1 is 1.10 bits per heavy atom. The number of aromatic nitrogens is 2. The van der Waals surface area contributed by atoms with E-state index in [-0.39, 0.29) is 12.0 Å². The molecule has 1 N–H and O–H groups in total. The Bertz CT molecular complexity index is 1200. The molecule has 5 nitrogen and oxygen atoms in total. The van der Waals surface area contributed by atoms with Gasteiger partial charge in [-0.1, -0.05) is 30.3 Å². The number of ether oxygens (including phenoxy) is 2. The third-order valence-electron chi connectivity index (χ3n) is 5.77. The van der Waals surface area contributed by atoms with Crippen molar-refractivity contribution in [2.75, 3.05) is 6.61 Å². The molecule has 1 unspecified atom stereocenters. The Balaban J connectivity index is 1.31. The quantitative estimate of drug-likeness (QED) is 0.497. The van der Waals surface area contributed by atoms with Crippen LogP contribution in [-0.2, 0) is 6.42 Å². The molecule has 0 saturated heterocycles. The van der Waals surface area contributed by atoms with Gasteiger partial charge in [-0.3, -0.25) is 4.98 Å². The van der Waals surface area contributed by atoms with Gasteiger partial charge in [0.05, 0.1) is 23.9 Å². The van der Waals surface area contributed by atoms with Gasteiger partial charge in [-0.2, -0.15) is 0 Å². The summed E-state index contributed by atoms with van der Waals surface area (Å²) in [6, 6.07) is 21.7. The SMILES string of the molecule is CC(Oc1ccc2c(c1)OC[C@H](Cc1cccnc1)[C@@H]2O)c1ccc2ccccc2n1. The number of aliphatic hydroxyl groups is 1. The van der Waals surface area contributed by atoms with Crippen molar-refractivity contribution < 1.29 is 14.6 Å². The Hall–Kier alpha value is -3.44. The summed E-state index contributed by atoms with van der Waals surface area (Å²) in [6.07, 6.45) is 3.51. The molecule has 1 aliphatic heterocycles. The first-order valence-corrected chi connectivity index (χ1v) is 10.5. The van der Waals surface area contributed by atoms with Gasteiger partial charge in [-0.15, -0.1) is 0 Å². The van der Waals surface area contributed by atoms with Crippen LogP contribution < -0.4 is 9.47 Å². The van der Waals surface area contributed by atoms with Crippen molar-refractivity contribution in [3.63, 3.8) is 0 Å². The van der Waals surface area contributed by atoms with Gasteiger partial charge in [0.25, 0.3) is 0 Å². The molecule has 4 aromatic rings. The van der Waals surface area contributed by atoms with Crippen LogP contribution in [0.2, 0.25) is 0 Å². The van der Waals surface area contributed by atoms with Crippen molar-refractivity contribution >= 4 is 10.9 Å². The summed E-state index contributed by atoms with van der Waals surface area (Å²) in [5.41, 5.74) is 3.71. The van der Waals surface area contributed by atoms with E-state index >= 15 is 0 Å². The lowest BCUT2D eigenvalue weighted by molar-refractivity contribution is 0.0504. The summed E-state index contributed by atoms with van der Waals surface area (Å²) in [5.74, 6) is 1.36. The molecule has 5 heteroatoms. The van der Waals surface area contributed by atoms with Crippen LogP contribution in [0.3, 0.4) is 0 Å². The number of nitrogens with zero attached hydrogens (tertiary/aromatic N) is 2. The minimum Gasteiger partial charge on any atom is -0.493 e. The second-order valence-electron chi connectivity index (χ2n) is 7.97. The molecule has 2 aromatic carbocycles. The minimum atomic E-state index is -0.586. The standard InChI is InChI=1S/C26H24N2O3/c1-17(23-11-8-19-6-2-3-7-24(19)28-23)31-21-9-10-22-25(14-21)30-16-20(26(22)29)13-18-5-4-12-27-15-18/h2-12,14-15,17,20,26,29H,13,16H2,1H3/t17?,20-,26-/m0/s1. The molecule has 156 valence electrons. The predicted molar refractivity (Wildman–Crippen MR) is 119 cm³/mol. The number of pyridine rings is 2. The van der Waals surface area contributed by atoms with Crippen LogP contribution in [0.25, 0.3) is 10.9 Å². The van der Waals surface area contributed by atoms with E-state index in [0.29, 0.717) is 18.1 Å². The topological polar surface area (TPSA) is 64.5 Å². The van der Waals surface area contributed by atoms with E-state index in [9.17, 15) is 5.11 Å². The molecule has 0 saturated carbocycles. The average molecular weight is 412 g/mol. The van der Waals surface area contributed by atoms with Crippen molar-refractivity contribution in [1.82, 2.24) is 9.97 Å². The molecule has 0 radical (unpaired) electrons. The smallest absolute Gasteiger partial charge is 0.138 e. The number of hydrogen-bond acceptors (Lipinski definition) is 5. The molecule has 31 heavy (non-hydrogen) atoms. The Labute approximate surface area is 181 Å². The molecule has 0 amide bonds. The molecule has 0 fully saturated rings. The maximum atomic E-state index is 10.9. The fourth-order valence-corrected chi connectivity index (χ4v) is 4.06. The molecule has 0 spiro atoms. The van der Waals surface area contributed by atoms with Crippen molar-refractivity contribution in [2.45, 2.75) is 25.6 Å². The molecule has 2 aromatic heterocycles. The van der Waals surface area contributed by atoms with Crippen molar-refractivity contribution in [3.8, 4) is 11.5 Å². The first-order chi connectivity index (χ1) is 15.2. The van der Waals surface area contributed by atoms with Crippen molar-refractivity contribution in [1.29, 1.82) is 0 Å². The van der Waals surface area contributed by atoms with E-state index in [1.165, 1.54) is 0 Å². The predicted octanol–water partition coefficient (Wildman–Crippen LogP) is 5.05.